The number of hydrogen-bond donors (Lipinski definition) is 1. The van der Waals surface area contributed by atoms with E-state index in [-0.39, 0.29) is 18.3 Å². The molecule has 2 aromatic carbocycles. The highest BCUT2D eigenvalue weighted by Crippen LogP contribution is 2.13. The van der Waals surface area contributed by atoms with Gasteiger partial charge in [-0.25, -0.2) is 0 Å². The average molecular weight is 322 g/mol. The fourth-order valence-corrected chi connectivity index (χ4v) is 2.09. The molecule has 0 saturated heterocycles. The van der Waals surface area contributed by atoms with Gasteiger partial charge >= 0.3 is 0 Å². The summed E-state index contributed by atoms with van der Waals surface area (Å²) in [5.41, 5.74) is 2.04. The van der Waals surface area contributed by atoms with Gasteiger partial charge in [0.05, 0.1) is 11.6 Å². The lowest BCUT2D eigenvalue weighted by Gasteiger charge is -2.08. The highest BCUT2D eigenvalue weighted by molar-refractivity contribution is 5.95. The van der Waals surface area contributed by atoms with E-state index < -0.39 is 0 Å². The van der Waals surface area contributed by atoms with Crippen molar-refractivity contribution < 1.29 is 14.3 Å². The summed E-state index contributed by atoms with van der Waals surface area (Å²) < 4.78 is 5.39. The first kappa shape index (κ1) is 17.2. The van der Waals surface area contributed by atoms with Crippen LogP contribution in [0.5, 0.6) is 5.75 Å². The lowest BCUT2D eigenvalue weighted by molar-refractivity contribution is -0.123. The Morgan fingerprint density at radius 1 is 1.17 bits per heavy atom. The van der Waals surface area contributed by atoms with Gasteiger partial charge in [0.15, 0.2) is 12.4 Å². The Bertz CT molecular complexity index is 761. The molecule has 24 heavy (non-hydrogen) atoms. The lowest BCUT2D eigenvalue weighted by atomic mass is 10.1. The topological polar surface area (TPSA) is 79.2 Å². The smallest absolute Gasteiger partial charge is 0.258 e. The first-order chi connectivity index (χ1) is 11.6. The van der Waals surface area contributed by atoms with Crippen LogP contribution in [0.3, 0.4) is 0 Å². The van der Waals surface area contributed by atoms with Gasteiger partial charge in [-0.2, -0.15) is 5.26 Å². The molecule has 0 fully saturated rings. The number of nitrogens with one attached hydrogen (secondary N) is 1. The van der Waals surface area contributed by atoms with Crippen molar-refractivity contribution in [3.05, 3.63) is 65.2 Å². The van der Waals surface area contributed by atoms with Crippen molar-refractivity contribution in [1.82, 2.24) is 5.32 Å². The molecule has 0 aromatic heterocycles. The number of amides is 1. The predicted molar refractivity (Wildman–Crippen MR) is 89.6 cm³/mol. The molecule has 2 rings (SSSR count). The standard InChI is InChI=1S/C19H18N2O3/c1-2-18(22)16-6-8-17(9-7-16)24-13-19(23)21-12-15-5-3-4-14(10-15)11-20/h3-10H,2,12-13H2,1H3,(H,21,23). The third kappa shape index (κ3) is 4.96. The number of ketones is 1. The Morgan fingerprint density at radius 2 is 1.92 bits per heavy atom. The monoisotopic (exact) mass is 322 g/mol. The molecule has 5 nitrogen and oxygen atoms in total. The van der Waals surface area contributed by atoms with Crippen LogP contribution in [-0.2, 0) is 11.3 Å². The van der Waals surface area contributed by atoms with E-state index in [0.717, 1.165) is 5.56 Å². The Labute approximate surface area is 140 Å². The van der Waals surface area contributed by atoms with Gasteiger partial charge in [-0.15, -0.1) is 0 Å². The number of carbonyl (C=O) groups excluding carboxylic acids is 2. The molecule has 5 heteroatoms. The molecule has 0 aliphatic rings. The van der Waals surface area contributed by atoms with Crippen molar-refractivity contribution in [1.29, 1.82) is 5.26 Å². The number of Topliss-reactive ketones (excluding diaryl/α,β-unsaturated/α-hetero) is 1. The fraction of sp³-hybridized carbons (Fsp3) is 0.211. The van der Waals surface area contributed by atoms with Crippen molar-refractivity contribution in [3.8, 4) is 11.8 Å². The second-order valence-corrected chi connectivity index (χ2v) is 5.18. The number of nitriles is 1. The van der Waals surface area contributed by atoms with Crippen LogP contribution in [0.2, 0.25) is 0 Å². The van der Waals surface area contributed by atoms with Gasteiger partial charge in [-0.3, -0.25) is 9.59 Å². The van der Waals surface area contributed by atoms with Crippen molar-refractivity contribution in [2.24, 2.45) is 0 Å². The summed E-state index contributed by atoms with van der Waals surface area (Å²) in [5, 5.41) is 11.6. The van der Waals surface area contributed by atoms with Gasteiger partial charge in [0.25, 0.3) is 5.91 Å². The second-order valence-electron chi connectivity index (χ2n) is 5.18. The highest BCUT2D eigenvalue weighted by atomic mass is 16.5. The van der Waals surface area contributed by atoms with Gasteiger partial charge in [0, 0.05) is 18.5 Å². The molecule has 0 atom stereocenters. The van der Waals surface area contributed by atoms with Crippen molar-refractivity contribution in [2.75, 3.05) is 6.61 Å². The maximum absolute atomic E-state index is 11.8. The van der Waals surface area contributed by atoms with Crippen LogP contribution in [0, 0.1) is 11.3 Å². The maximum atomic E-state index is 11.8. The lowest BCUT2D eigenvalue weighted by Crippen LogP contribution is -2.28. The van der Waals surface area contributed by atoms with Crippen LogP contribution < -0.4 is 10.1 Å². The summed E-state index contributed by atoms with van der Waals surface area (Å²) in [7, 11) is 0. The first-order valence-electron chi connectivity index (χ1n) is 7.64. The van der Waals surface area contributed by atoms with E-state index in [9.17, 15) is 9.59 Å². The minimum absolute atomic E-state index is 0.0684. The van der Waals surface area contributed by atoms with Crippen LogP contribution in [0.15, 0.2) is 48.5 Å². The Morgan fingerprint density at radius 3 is 2.58 bits per heavy atom. The number of carbonyl (C=O) groups is 2. The summed E-state index contributed by atoms with van der Waals surface area (Å²) in [4.78, 5) is 23.3. The molecule has 0 radical (unpaired) electrons. The summed E-state index contributed by atoms with van der Waals surface area (Å²) in [6.45, 7) is 2.03. The zero-order chi connectivity index (χ0) is 17.4. The fourth-order valence-electron chi connectivity index (χ4n) is 2.09. The normalized spacial score (nSPS) is 9.83. The van der Waals surface area contributed by atoms with Gasteiger partial charge in [-0.1, -0.05) is 19.1 Å². The molecule has 122 valence electrons. The van der Waals surface area contributed by atoms with Crippen molar-refractivity contribution in [2.45, 2.75) is 19.9 Å². The van der Waals surface area contributed by atoms with Crippen molar-refractivity contribution in [3.63, 3.8) is 0 Å². The molecule has 0 heterocycles. The molecule has 0 aliphatic heterocycles. The number of nitrogens with zero attached hydrogens (tertiary/aromatic N) is 1. The summed E-state index contributed by atoms with van der Waals surface area (Å²) >= 11 is 0. The van der Waals surface area contributed by atoms with Crippen LogP contribution in [0.4, 0.5) is 0 Å². The Balaban J connectivity index is 1.80. The molecular formula is C19H18N2O3. The molecule has 0 aliphatic carbocycles. The van der Waals surface area contributed by atoms with E-state index in [1.807, 2.05) is 13.0 Å². The molecule has 2 aromatic rings. The van der Waals surface area contributed by atoms with Gasteiger partial charge < -0.3 is 10.1 Å². The Kier molecular flexibility index (Phi) is 6.09. The highest BCUT2D eigenvalue weighted by Gasteiger charge is 2.05. The van der Waals surface area contributed by atoms with E-state index in [2.05, 4.69) is 11.4 Å². The SMILES string of the molecule is CCC(=O)c1ccc(OCC(=O)NCc2cccc(C#N)c2)cc1. The zero-order valence-corrected chi connectivity index (χ0v) is 13.4. The molecule has 0 spiro atoms. The van der Waals surface area contributed by atoms with E-state index >= 15 is 0 Å². The van der Waals surface area contributed by atoms with E-state index in [1.165, 1.54) is 0 Å². The summed E-state index contributed by atoms with van der Waals surface area (Å²) in [6.07, 6.45) is 0.454. The molecule has 0 saturated carbocycles. The minimum Gasteiger partial charge on any atom is -0.484 e. The number of hydrogen-bond acceptors (Lipinski definition) is 4. The summed E-state index contributed by atoms with van der Waals surface area (Å²) in [5.74, 6) is 0.342. The number of ether oxygens (including phenoxy) is 1. The molecule has 0 unspecified atom stereocenters. The van der Waals surface area contributed by atoms with Crippen LogP contribution in [-0.4, -0.2) is 18.3 Å². The zero-order valence-electron chi connectivity index (χ0n) is 13.4. The largest absolute Gasteiger partial charge is 0.484 e. The predicted octanol–water partition coefficient (Wildman–Crippen LogP) is 2.85. The maximum Gasteiger partial charge on any atom is 0.258 e. The molecule has 1 N–H and O–H groups in total. The van der Waals surface area contributed by atoms with Crippen LogP contribution in [0.25, 0.3) is 0 Å². The van der Waals surface area contributed by atoms with Gasteiger partial charge in [0.2, 0.25) is 0 Å². The van der Waals surface area contributed by atoms with Gasteiger partial charge in [0.1, 0.15) is 5.75 Å². The molecule has 1 amide bonds. The third-order valence-electron chi connectivity index (χ3n) is 3.41. The average Bonchev–Trinajstić information content (AvgIpc) is 2.64. The van der Waals surface area contributed by atoms with Crippen molar-refractivity contribution >= 4 is 11.7 Å². The Hall–Kier alpha value is -3.13. The number of rotatable bonds is 7. The summed E-state index contributed by atoms with van der Waals surface area (Å²) in [6, 6.07) is 15.8. The minimum atomic E-state index is -0.258. The third-order valence-corrected chi connectivity index (χ3v) is 3.41. The molecule has 0 bridgehead atoms. The van der Waals surface area contributed by atoms with Crippen LogP contribution >= 0.6 is 0 Å². The molecular weight excluding hydrogens is 304 g/mol. The first-order valence-corrected chi connectivity index (χ1v) is 7.64. The van der Waals surface area contributed by atoms with Crippen LogP contribution in [0.1, 0.15) is 34.8 Å². The van der Waals surface area contributed by atoms with E-state index in [1.54, 1.807) is 42.5 Å². The van der Waals surface area contributed by atoms with E-state index in [4.69, 9.17) is 10.00 Å². The van der Waals surface area contributed by atoms with E-state index in [0.29, 0.717) is 29.8 Å². The second kappa shape index (κ2) is 8.49. The van der Waals surface area contributed by atoms with Gasteiger partial charge in [-0.05, 0) is 42.0 Å². The number of benzene rings is 2. The quantitative estimate of drug-likeness (QED) is 0.795.